The molecule has 1 aliphatic heterocycles. The number of nitrogens with one attached hydrogen (secondary N) is 1. The molecule has 0 atom stereocenters. The van der Waals surface area contributed by atoms with E-state index >= 15 is 0 Å². The fourth-order valence-electron chi connectivity index (χ4n) is 2.94. The Morgan fingerprint density at radius 2 is 1.67 bits per heavy atom. The molecule has 0 amide bonds. The summed E-state index contributed by atoms with van der Waals surface area (Å²) in [6.07, 6.45) is 8.93. The number of rotatable bonds is 7. The van der Waals surface area contributed by atoms with Crippen LogP contribution in [-0.4, -0.2) is 43.3 Å². The van der Waals surface area contributed by atoms with Crippen molar-refractivity contribution in [2.75, 3.05) is 26.4 Å². The second-order valence-corrected chi connectivity index (χ2v) is 5.47. The molecule has 18 heavy (non-hydrogen) atoms. The van der Waals surface area contributed by atoms with Crippen LogP contribution in [0.1, 0.15) is 51.4 Å². The average molecular weight is 257 g/mol. The third-order valence-electron chi connectivity index (χ3n) is 4.08. The molecule has 2 rings (SSSR count). The van der Waals surface area contributed by atoms with E-state index in [9.17, 15) is 0 Å². The van der Waals surface area contributed by atoms with Gasteiger partial charge in [-0.15, -0.1) is 0 Å². The summed E-state index contributed by atoms with van der Waals surface area (Å²) in [7, 11) is 0. The zero-order chi connectivity index (χ0) is 12.7. The van der Waals surface area contributed by atoms with Crippen molar-refractivity contribution in [2.24, 2.45) is 0 Å². The van der Waals surface area contributed by atoms with Crippen molar-refractivity contribution in [1.82, 2.24) is 5.32 Å². The first kappa shape index (κ1) is 14.3. The molecular formula is C14H27NO3. The standard InChI is InChI=1S/C14H27NO3/c16-10-4-2-1-3-9-15-13-5-7-14(8-6-13)17-11-12-18-14/h13,15-16H,1-12H2. The van der Waals surface area contributed by atoms with Gasteiger partial charge in [-0.25, -0.2) is 0 Å². The Kier molecular flexibility index (Phi) is 5.89. The molecule has 2 fully saturated rings. The summed E-state index contributed by atoms with van der Waals surface area (Å²) in [6, 6.07) is 0.640. The van der Waals surface area contributed by atoms with Crippen LogP contribution < -0.4 is 5.32 Å². The topological polar surface area (TPSA) is 50.7 Å². The zero-order valence-electron chi connectivity index (χ0n) is 11.3. The van der Waals surface area contributed by atoms with Crippen molar-refractivity contribution in [2.45, 2.75) is 63.2 Å². The van der Waals surface area contributed by atoms with Crippen molar-refractivity contribution < 1.29 is 14.6 Å². The fourth-order valence-corrected chi connectivity index (χ4v) is 2.94. The molecule has 1 aliphatic carbocycles. The Morgan fingerprint density at radius 3 is 2.33 bits per heavy atom. The summed E-state index contributed by atoms with van der Waals surface area (Å²) in [6.45, 7) is 2.97. The normalized spacial score (nSPS) is 23.8. The van der Waals surface area contributed by atoms with Gasteiger partial charge >= 0.3 is 0 Å². The van der Waals surface area contributed by atoms with Crippen LogP contribution in [0.3, 0.4) is 0 Å². The van der Waals surface area contributed by atoms with Gasteiger partial charge in [0.1, 0.15) is 0 Å². The predicted molar refractivity (Wildman–Crippen MR) is 70.4 cm³/mol. The van der Waals surface area contributed by atoms with Gasteiger partial charge in [0.2, 0.25) is 0 Å². The van der Waals surface area contributed by atoms with Crippen LogP contribution in [0.2, 0.25) is 0 Å². The monoisotopic (exact) mass is 257 g/mol. The molecule has 2 N–H and O–H groups in total. The SMILES string of the molecule is OCCCCCCNC1CCC2(CC1)OCCO2. The van der Waals surface area contributed by atoms with Gasteiger partial charge in [0.15, 0.2) is 5.79 Å². The summed E-state index contributed by atoms with van der Waals surface area (Å²) >= 11 is 0. The van der Waals surface area contributed by atoms with Crippen LogP contribution >= 0.6 is 0 Å². The van der Waals surface area contributed by atoms with E-state index in [2.05, 4.69) is 5.32 Å². The molecule has 1 spiro atoms. The van der Waals surface area contributed by atoms with E-state index in [1.54, 1.807) is 0 Å². The van der Waals surface area contributed by atoms with Crippen molar-refractivity contribution >= 4 is 0 Å². The lowest BCUT2D eigenvalue weighted by Crippen LogP contribution is -2.42. The highest BCUT2D eigenvalue weighted by molar-refractivity contribution is 4.85. The summed E-state index contributed by atoms with van der Waals surface area (Å²) < 4.78 is 11.5. The third kappa shape index (κ3) is 4.19. The lowest BCUT2D eigenvalue weighted by Gasteiger charge is -2.35. The second-order valence-electron chi connectivity index (χ2n) is 5.47. The molecule has 1 saturated heterocycles. The molecule has 0 aromatic heterocycles. The Labute approximate surface area is 110 Å². The summed E-state index contributed by atoms with van der Waals surface area (Å²) in [5, 5.41) is 12.3. The third-order valence-corrected chi connectivity index (χ3v) is 4.08. The number of aliphatic hydroxyl groups excluding tert-OH is 1. The fraction of sp³-hybridized carbons (Fsp3) is 1.00. The smallest absolute Gasteiger partial charge is 0.168 e. The lowest BCUT2D eigenvalue weighted by atomic mass is 9.90. The minimum absolute atomic E-state index is 0.223. The molecule has 2 aliphatic rings. The van der Waals surface area contributed by atoms with Gasteiger partial charge in [-0.05, 0) is 32.2 Å². The molecule has 0 bridgehead atoms. The molecule has 0 radical (unpaired) electrons. The number of aliphatic hydroxyl groups is 1. The van der Waals surface area contributed by atoms with Gasteiger partial charge in [0.05, 0.1) is 13.2 Å². The highest BCUT2D eigenvalue weighted by Gasteiger charge is 2.39. The Morgan fingerprint density at radius 1 is 1.00 bits per heavy atom. The molecule has 0 unspecified atom stereocenters. The summed E-state index contributed by atoms with van der Waals surface area (Å²) in [5.74, 6) is -0.223. The summed E-state index contributed by atoms with van der Waals surface area (Å²) in [5.41, 5.74) is 0. The van der Waals surface area contributed by atoms with E-state index in [1.807, 2.05) is 0 Å². The van der Waals surface area contributed by atoms with Crippen LogP contribution in [-0.2, 0) is 9.47 Å². The molecular weight excluding hydrogens is 230 g/mol. The van der Waals surface area contributed by atoms with Crippen molar-refractivity contribution in [3.8, 4) is 0 Å². The average Bonchev–Trinajstić information content (AvgIpc) is 2.85. The van der Waals surface area contributed by atoms with Gasteiger partial charge in [-0.2, -0.15) is 0 Å². The molecule has 106 valence electrons. The Balaban J connectivity index is 1.51. The van der Waals surface area contributed by atoms with E-state index < -0.39 is 0 Å². The van der Waals surface area contributed by atoms with Gasteiger partial charge in [0, 0.05) is 25.5 Å². The van der Waals surface area contributed by atoms with Crippen LogP contribution in [0, 0.1) is 0 Å². The van der Waals surface area contributed by atoms with Gasteiger partial charge in [-0.3, -0.25) is 0 Å². The number of hydrogen-bond acceptors (Lipinski definition) is 4. The van der Waals surface area contributed by atoms with Crippen molar-refractivity contribution in [3.63, 3.8) is 0 Å². The maximum Gasteiger partial charge on any atom is 0.168 e. The van der Waals surface area contributed by atoms with Crippen LogP contribution in [0.25, 0.3) is 0 Å². The van der Waals surface area contributed by atoms with Crippen LogP contribution in [0.15, 0.2) is 0 Å². The first-order valence-corrected chi connectivity index (χ1v) is 7.47. The van der Waals surface area contributed by atoms with E-state index in [1.165, 1.54) is 12.8 Å². The van der Waals surface area contributed by atoms with E-state index in [-0.39, 0.29) is 5.79 Å². The van der Waals surface area contributed by atoms with E-state index in [4.69, 9.17) is 14.6 Å². The molecule has 0 aromatic rings. The molecule has 0 aromatic carbocycles. The van der Waals surface area contributed by atoms with Gasteiger partial charge < -0.3 is 19.9 Å². The van der Waals surface area contributed by atoms with Gasteiger partial charge in [0.25, 0.3) is 0 Å². The van der Waals surface area contributed by atoms with E-state index in [0.717, 1.165) is 58.3 Å². The molecule has 4 nitrogen and oxygen atoms in total. The maximum atomic E-state index is 8.69. The molecule has 1 saturated carbocycles. The maximum absolute atomic E-state index is 8.69. The highest BCUT2D eigenvalue weighted by Crippen LogP contribution is 2.35. The van der Waals surface area contributed by atoms with Crippen molar-refractivity contribution in [3.05, 3.63) is 0 Å². The Hall–Kier alpha value is -0.160. The lowest BCUT2D eigenvalue weighted by molar-refractivity contribution is -0.179. The first-order valence-electron chi connectivity index (χ1n) is 7.47. The first-order chi connectivity index (χ1) is 8.85. The number of hydrogen-bond donors (Lipinski definition) is 2. The zero-order valence-corrected chi connectivity index (χ0v) is 11.3. The van der Waals surface area contributed by atoms with Crippen LogP contribution in [0.4, 0.5) is 0 Å². The predicted octanol–water partition coefficient (Wildman–Crippen LogP) is 1.81. The van der Waals surface area contributed by atoms with Crippen molar-refractivity contribution in [1.29, 1.82) is 0 Å². The minimum atomic E-state index is -0.223. The van der Waals surface area contributed by atoms with Crippen LogP contribution in [0.5, 0.6) is 0 Å². The van der Waals surface area contributed by atoms with Gasteiger partial charge in [-0.1, -0.05) is 12.8 Å². The summed E-state index contributed by atoms with van der Waals surface area (Å²) in [4.78, 5) is 0. The second kappa shape index (κ2) is 7.43. The largest absolute Gasteiger partial charge is 0.396 e. The molecule has 4 heteroatoms. The quantitative estimate of drug-likeness (QED) is 0.683. The van der Waals surface area contributed by atoms with E-state index in [0.29, 0.717) is 12.6 Å². The number of unbranched alkanes of at least 4 members (excludes halogenated alkanes) is 3. The Bertz CT molecular complexity index is 219. The number of ether oxygens (including phenoxy) is 2. The minimum Gasteiger partial charge on any atom is -0.396 e. The molecule has 1 heterocycles. The highest BCUT2D eigenvalue weighted by atomic mass is 16.7.